The Balaban J connectivity index is 1.72. The zero-order chi connectivity index (χ0) is 14.5. The average Bonchev–Trinajstić information content (AvgIpc) is 3.03. The molecule has 0 aliphatic carbocycles. The fraction of sp³-hybridized carbons (Fsp3) is 0.125. The van der Waals surface area contributed by atoms with E-state index in [1.54, 1.807) is 18.0 Å². The number of nitrogens with one attached hydrogen (secondary N) is 2. The minimum Gasteiger partial charge on any atom is -0.381 e. The first-order valence-electron chi connectivity index (χ1n) is 6.67. The van der Waals surface area contributed by atoms with Crippen molar-refractivity contribution in [1.82, 2.24) is 15.2 Å². The maximum Gasteiger partial charge on any atom is 0.0715 e. The number of H-pyrrole nitrogens is 1. The first-order valence-corrected chi connectivity index (χ1v) is 7.90. The number of pyridine rings is 1. The van der Waals surface area contributed by atoms with E-state index in [2.05, 4.69) is 51.0 Å². The van der Waals surface area contributed by atoms with Gasteiger partial charge in [-0.15, -0.1) is 11.8 Å². The molecule has 0 aliphatic rings. The second-order valence-corrected chi connectivity index (χ2v) is 5.47. The molecule has 0 spiro atoms. The zero-order valence-electron chi connectivity index (χ0n) is 11.7. The van der Waals surface area contributed by atoms with Crippen LogP contribution >= 0.6 is 11.8 Å². The quantitative estimate of drug-likeness (QED) is 0.703. The van der Waals surface area contributed by atoms with Gasteiger partial charge in [0, 0.05) is 40.6 Å². The summed E-state index contributed by atoms with van der Waals surface area (Å²) in [5.74, 6) is 0. The molecular formula is C16H16N4S. The van der Waals surface area contributed by atoms with Crippen molar-refractivity contribution in [2.45, 2.75) is 11.4 Å². The largest absolute Gasteiger partial charge is 0.381 e. The third-order valence-corrected chi connectivity index (χ3v) is 3.98. The Bertz CT molecular complexity index is 692. The SMILES string of the molecule is CSc1ccc(NCc2cn[nH]c2-c2cccnc2)cc1. The predicted octanol–water partition coefficient (Wildman–Crippen LogP) is 3.81. The third-order valence-electron chi connectivity index (χ3n) is 3.24. The molecule has 5 heteroatoms. The summed E-state index contributed by atoms with van der Waals surface area (Å²) in [5.41, 5.74) is 4.28. The molecule has 2 aromatic heterocycles. The predicted molar refractivity (Wildman–Crippen MR) is 87.4 cm³/mol. The molecule has 0 atom stereocenters. The van der Waals surface area contributed by atoms with Crippen LogP contribution in [0.1, 0.15) is 5.56 Å². The van der Waals surface area contributed by atoms with Crippen LogP contribution in [0.4, 0.5) is 5.69 Å². The van der Waals surface area contributed by atoms with Crippen molar-refractivity contribution in [3.8, 4) is 11.3 Å². The van der Waals surface area contributed by atoms with Crippen LogP contribution in [0.3, 0.4) is 0 Å². The molecule has 0 bridgehead atoms. The van der Waals surface area contributed by atoms with Crippen LogP contribution in [0.5, 0.6) is 0 Å². The van der Waals surface area contributed by atoms with Gasteiger partial charge >= 0.3 is 0 Å². The lowest BCUT2D eigenvalue weighted by Crippen LogP contribution is -1.99. The van der Waals surface area contributed by atoms with E-state index in [0.29, 0.717) is 0 Å². The number of aromatic nitrogens is 3. The molecule has 0 radical (unpaired) electrons. The number of benzene rings is 1. The van der Waals surface area contributed by atoms with E-state index in [9.17, 15) is 0 Å². The lowest BCUT2D eigenvalue weighted by Gasteiger charge is -2.07. The lowest BCUT2D eigenvalue weighted by atomic mass is 10.1. The summed E-state index contributed by atoms with van der Waals surface area (Å²) >= 11 is 1.74. The average molecular weight is 296 g/mol. The Morgan fingerprint density at radius 1 is 1.14 bits per heavy atom. The molecule has 106 valence electrons. The molecule has 3 rings (SSSR count). The van der Waals surface area contributed by atoms with Crippen LogP contribution in [0.25, 0.3) is 11.3 Å². The first-order chi connectivity index (χ1) is 10.4. The molecule has 2 N–H and O–H groups in total. The van der Waals surface area contributed by atoms with E-state index < -0.39 is 0 Å². The van der Waals surface area contributed by atoms with Gasteiger partial charge in [-0.2, -0.15) is 5.10 Å². The van der Waals surface area contributed by atoms with Crippen molar-refractivity contribution in [3.05, 3.63) is 60.6 Å². The smallest absolute Gasteiger partial charge is 0.0715 e. The molecule has 0 saturated heterocycles. The fourth-order valence-corrected chi connectivity index (χ4v) is 2.52. The number of hydrogen-bond donors (Lipinski definition) is 2. The number of anilines is 1. The third kappa shape index (κ3) is 3.25. The van der Waals surface area contributed by atoms with Gasteiger partial charge in [0.15, 0.2) is 0 Å². The lowest BCUT2D eigenvalue weighted by molar-refractivity contribution is 1.09. The van der Waals surface area contributed by atoms with Gasteiger partial charge in [-0.3, -0.25) is 10.1 Å². The molecule has 0 aliphatic heterocycles. The molecule has 0 fully saturated rings. The van der Waals surface area contributed by atoms with Crippen molar-refractivity contribution in [2.75, 3.05) is 11.6 Å². The fourth-order valence-electron chi connectivity index (χ4n) is 2.11. The highest BCUT2D eigenvalue weighted by Gasteiger charge is 2.07. The number of aromatic amines is 1. The van der Waals surface area contributed by atoms with Gasteiger partial charge < -0.3 is 5.32 Å². The summed E-state index contributed by atoms with van der Waals surface area (Å²) in [6.45, 7) is 0.722. The van der Waals surface area contributed by atoms with Crippen molar-refractivity contribution >= 4 is 17.4 Å². The van der Waals surface area contributed by atoms with Crippen molar-refractivity contribution in [3.63, 3.8) is 0 Å². The van der Waals surface area contributed by atoms with Crippen LogP contribution in [0, 0.1) is 0 Å². The second-order valence-electron chi connectivity index (χ2n) is 4.59. The maximum absolute atomic E-state index is 4.15. The van der Waals surface area contributed by atoms with Gasteiger partial charge in [0.05, 0.1) is 11.9 Å². The van der Waals surface area contributed by atoms with Crippen LogP contribution < -0.4 is 5.32 Å². The Hall–Kier alpha value is -2.27. The van der Waals surface area contributed by atoms with Crippen LogP contribution in [0.15, 0.2) is 59.9 Å². The van der Waals surface area contributed by atoms with E-state index in [-0.39, 0.29) is 0 Å². The second kappa shape index (κ2) is 6.45. The van der Waals surface area contributed by atoms with Gasteiger partial charge in [0.2, 0.25) is 0 Å². The normalized spacial score (nSPS) is 10.5. The summed E-state index contributed by atoms with van der Waals surface area (Å²) in [7, 11) is 0. The monoisotopic (exact) mass is 296 g/mol. The minimum absolute atomic E-state index is 0.722. The van der Waals surface area contributed by atoms with Gasteiger partial charge in [-0.1, -0.05) is 0 Å². The summed E-state index contributed by atoms with van der Waals surface area (Å²) in [6, 6.07) is 12.4. The van der Waals surface area contributed by atoms with Crippen molar-refractivity contribution < 1.29 is 0 Å². The summed E-state index contributed by atoms with van der Waals surface area (Å²) in [6.07, 6.45) is 7.54. The number of hydrogen-bond acceptors (Lipinski definition) is 4. The Morgan fingerprint density at radius 2 is 2.00 bits per heavy atom. The standard InChI is InChI=1S/C16H16N4S/c1-21-15-6-4-14(5-7-15)18-10-13-11-19-20-16(13)12-3-2-8-17-9-12/h2-9,11,18H,10H2,1H3,(H,19,20). The molecule has 4 nitrogen and oxygen atoms in total. The maximum atomic E-state index is 4.15. The van der Waals surface area contributed by atoms with E-state index >= 15 is 0 Å². The molecule has 0 amide bonds. The van der Waals surface area contributed by atoms with Crippen molar-refractivity contribution in [1.29, 1.82) is 0 Å². The number of nitrogens with zero attached hydrogens (tertiary/aromatic N) is 2. The van der Waals surface area contributed by atoms with Gasteiger partial charge in [0.25, 0.3) is 0 Å². The van der Waals surface area contributed by atoms with Crippen LogP contribution in [-0.2, 0) is 6.54 Å². The molecule has 0 unspecified atom stereocenters. The minimum atomic E-state index is 0.722. The molecule has 3 aromatic rings. The van der Waals surface area contributed by atoms with E-state index in [0.717, 1.165) is 29.1 Å². The summed E-state index contributed by atoms with van der Waals surface area (Å²) in [4.78, 5) is 5.41. The van der Waals surface area contributed by atoms with Crippen LogP contribution in [-0.4, -0.2) is 21.4 Å². The first kappa shape index (κ1) is 13.7. The molecule has 2 heterocycles. The highest BCUT2D eigenvalue weighted by molar-refractivity contribution is 7.98. The Morgan fingerprint density at radius 3 is 2.71 bits per heavy atom. The zero-order valence-corrected chi connectivity index (χ0v) is 12.5. The molecule has 0 saturated carbocycles. The summed E-state index contributed by atoms with van der Waals surface area (Å²) < 4.78 is 0. The van der Waals surface area contributed by atoms with E-state index in [1.165, 1.54) is 4.90 Å². The van der Waals surface area contributed by atoms with E-state index in [4.69, 9.17) is 0 Å². The van der Waals surface area contributed by atoms with Crippen LogP contribution in [0.2, 0.25) is 0 Å². The molecule has 21 heavy (non-hydrogen) atoms. The van der Waals surface area contributed by atoms with Gasteiger partial charge in [-0.25, -0.2) is 0 Å². The summed E-state index contributed by atoms with van der Waals surface area (Å²) in [5, 5.41) is 10.6. The molecule has 1 aromatic carbocycles. The number of thioether (sulfide) groups is 1. The van der Waals surface area contributed by atoms with Crippen molar-refractivity contribution in [2.24, 2.45) is 0 Å². The highest BCUT2D eigenvalue weighted by Crippen LogP contribution is 2.22. The number of rotatable bonds is 5. The Kier molecular flexibility index (Phi) is 4.21. The van der Waals surface area contributed by atoms with Gasteiger partial charge in [0.1, 0.15) is 0 Å². The highest BCUT2D eigenvalue weighted by atomic mass is 32.2. The molecular weight excluding hydrogens is 280 g/mol. The Labute approximate surface area is 128 Å². The van der Waals surface area contributed by atoms with E-state index in [1.807, 2.05) is 24.5 Å². The topological polar surface area (TPSA) is 53.6 Å². The van der Waals surface area contributed by atoms with Gasteiger partial charge in [-0.05, 0) is 42.7 Å².